The van der Waals surface area contributed by atoms with Crippen molar-refractivity contribution in [1.82, 2.24) is 24.5 Å². The van der Waals surface area contributed by atoms with Gasteiger partial charge in [-0.05, 0) is 18.9 Å². The number of aliphatic hydroxyl groups excluding tert-OH is 1. The molecule has 0 saturated carbocycles. The number of aromatic nitrogens is 5. The van der Waals surface area contributed by atoms with Gasteiger partial charge in [-0.2, -0.15) is 9.97 Å². The molecule has 0 unspecified atom stereocenters. The summed E-state index contributed by atoms with van der Waals surface area (Å²) in [6.45, 7) is 0.940. The van der Waals surface area contributed by atoms with Crippen LogP contribution in [0.15, 0.2) is 36.9 Å². The summed E-state index contributed by atoms with van der Waals surface area (Å²) in [5, 5.41) is 13.9. The summed E-state index contributed by atoms with van der Waals surface area (Å²) < 4.78 is 18.2. The number of H-pyrrole nitrogens is 1. The summed E-state index contributed by atoms with van der Waals surface area (Å²) in [5.74, 6) is 3.42. The number of hydrogen-bond acceptors (Lipinski definition) is 9. The molecule has 0 radical (unpaired) electrons. The monoisotopic (exact) mass is 465 g/mol. The van der Waals surface area contributed by atoms with Crippen molar-refractivity contribution >= 4 is 28.6 Å². The highest BCUT2D eigenvalue weighted by molar-refractivity contribution is 5.89. The predicted octanol–water partition coefficient (Wildman–Crippen LogP) is 2.87. The lowest BCUT2D eigenvalue weighted by atomic mass is 10.2. The van der Waals surface area contributed by atoms with Crippen LogP contribution in [-0.2, 0) is 0 Å². The van der Waals surface area contributed by atoms with E-state index in [1.54, 1.807) is 27.7 Å². The van der Waals surface area contributed by atoms with Crippen LogP contribution in [0, 0.1) is 0 Å². The van der Waals surface area contributed by atoms with Gasteiger partial charge in [0.2, 0.25) is 11.7 Å². The minimum absolute atomic E-state index is 0.0556. The Morgan fingerprint density at radius 3 is 2.65 bits per heavy atom. The molecule has 1 aromatic carbocycles. The molecule has 0 bridgehead atoms. The van der Waals surface area contributed by atoms with Gasteiger partial charge < -0.3 is 39.1 Å². The van der Waals surface area contributed by atoms with E-state index in [9.17, 15) is 5.11 Å². The quantitative estimate of drug-likeness (QED) is 0.360. The molecule has 4 aromatic rings. The highest BCUT2D eigenvalue weighted by Gasteiger charge is 2.27. The average molecular weight is 466 g/mol. The largest absolute Gasteiger partial charge is 0.493 e. The van der Waals surface area contributed by atoms with Crippen molar-refractivity contribution in [2.75, 3.05) is 44.7 Å². The molecule has 11 heteroatoms. The van der Waals surface area contributed by atoms with E-state index in [0.29, 0.717) is 29.0 Å². The molecule has 178 valence electrons. The topological polar surface area (TPSA) is 123 Å². The first-order valence-electron chi connectivity index (χ1n) is 11.0. The Morgan fingerprint density at radius 2 is 1.94 bits per heavy atom. The van der Waals surface area contributed by atoms with E-state index in [0.717, 1.165) is 41.9 Å². The highest BCUT2D eigenvalue weighted by atomic mass is 16.5. The van der Waals surface area contributed by atoms with Crippen molar-refractivity contribution in [2.45, 2.75) is 18.9 Å². The molecule has 1 aliphatic rings. The van der Waals surface area contributed by atoms with Gasteiger partial charge in [0.15, 0.2) is 17.3 Å². The number of imidazole rings is 1. The predicted molar refractivity (Wildman–Crippen MR) is 128 cm³/mol. The lowest BCUT2D eigenvalue weighted by Gasteiger charge is -2.25. The summed E-state index contributed by atoms with van der Waals surface area (Å²) >= 11 is 0. The number of fused-ring (bicyclic) bond motifs is 1. The van der Waals surface area contributed by atoms with Gasteiger partial charge in [-0.25, -0.2) is 4.98 Å². The fraction of sp³-hybridized carbons (Fsp3) is 0.348. The molecule has 1 aliphatic heterocycles. The average Bonchev–Trinajstić information content (AvgIpc) is 3.63. The molecular formula is C23H27N7O4. The molecule has 4 heterocycles. The van der Waals surface area contributed by atoms with E-state index >= 15 is 0 Å². The van der Waals surface area contributed by atoms with Gasteiger partial charge in [-0.3, -0.25) is 0 Å². The van der Waals surface area contributed by atoms with Crippen LogP contribution in [-0.4, -0.2) is 70.1 Å². The van der Waals surface area contributed by atoms with Crippen LogP contribution >= 0.6 is 0 Å². The van der Waals surface area contributed by atoms with Crippen molar-refractivity contribution in [3.8, 4) is 22.9 Å². The van der Waals surface area contributed by atoms with E-state index in [4.69, 9.17) is 19.2 Å². The minimum Gasteiger partial charge on any atom is -0.493 e. The second-order valence-corrected chi connectivity index (χ2v) is 7.96. The maximum Gasteiger partial charge on any atom is 0.232 e. The smallest absolute Gasteiger partial charge is 0.232 e. The number of nitrogens with one attached hydrogen (secondary N) is 2. The van der Waals surface area contributed by atoms with Gasteiger partial charge in [-0.15, -0.1) is 0 Å². The maximum atomic E-state index is 9.80. The number of benzene rings is 1. The molecular weight excluding hydrogens is 438 g/mol. The molecule has 1 atom stereocenters. The summed E-state index contributed by atoms with van der Waals surface area (Å²) in [4.78, 5) is 19.2. The van der Waals surface area contributed by atoms with Gasteiger partial charge in [0.1, 0.15) is 17.8 Å². The number of ether oxygens (including phenoxy) is 3. The Kier molecular flexibility index (Phi) is 5.84. The first-order valence-corrected chi connectivity index (χ1v) is 11.0. The molecule has 1 saturated heterocycles. The number of aliphatic hydroxyl groups is 1. The van der Waals surface area contributed by atoms with Gasteiger partial charge >= 0.3 is 0 Å². The second kappa shape index (κ2) is 9.10. The van der Waals surface area contributed by atoms with Crippen LogP contribution in [0.3, 0.4) is 0 Å². The number of aromatic amines is 1. The SMILES string of the molecule is COc1cc(-n2cnc(Nc3nc(N4CCC[C@@H]4CO)c4cc[nH]c4n3)c2)cc(OC)c1OC. The van der Waals surface area contributed by atoms with E-state index < -0.39 is 0 Å². The lowest BCUT2D eigenvalue weighted by molar-refractivity contribution is 0.266. The summed E-state index contributed by atoms with van der Waals surface area (Å²) in [5.41, 5.74) is 1.51. The zero-order valence-corrected chi connectivity index (χ0v) is 19.3. The molecule has 5 rings (SSSR count). The Morgan fingerprint density at radius 1 is 1.15 bits per heavy atom. The number of nitrogens with zero attached hydrogens (tertiary/aromatic N) is 5. The fourth-order valence-corrected chi connectivity index (χ4v) is 4.36. The van der Waals surface area contributed by atoms with Crippen molar-refractivity contribution in [2.24, 2.45) is 0 Å². The van der Waals surface area contributed by atoms with E-state index in [1.807, 2.05) is 35.2 Å². The van der Waals surface area contributed by atoms with Crippen LogP contribution in [0.5, 0.6) is 17.2 Å². The molecule has 1 fully saturated rings. The van der Waals surface area contributed by atoms with Crippen LogP contribution < -0.4 is 24.4 Å². The first kappa shape index (κ1) is 21.8. The highest BCUT2D eigenvalue weighted by Crippen LogP contribution is 2.39. The Balaban J connectivity index is 1.46. The maximum absolute atomic E-state index is 9.80. The third-order valence-electron chi connectivity index (χ3n) is 6.03. The molecule has 0 spiro atoms. The number of rotatable bonds is 8. The van der Waals surface area contributed by atoms with Gasteiger partial charge in [0, 0.05) is 24.9 Å². The van der Waals surface area contributed by atoms with E-state index in [2.05, 4.69) is 25.2 Å². The molecule has 3 N–H and O–H groups in total. The van der Waals surface area contributed by atoms with Crippen LogP contribution in [0.25, 0.3) is 16.7 Å². The fourth-order valence-electron chi connectivity index (χ4n) is 4.36. The van der Waals surface area contributed by atoms with E-state index in [1.165, 1.54) is 0 Å². The van der Waals surface area contributed by atoms with Crippen molar-refractivity contribution in [3.63, 3.8) is 0 Å². The van der Waals surface area contributed by atoms with Crippen LogP contribution in [0.4, 0.5) is 17.6 Å². The minimum atomic E-state index is 0.0556. The lowest BCUT2D eigenvalue weighted by Crippen LogP contribution is -2.33. The van der Waals surface area contributed by atoms with Gasteiger partial charge in [-0.1, -0.05) is 0 Å². The Labute approximate surface area is 196 Å². The van der Waals surface area contributed by atoms with Crippen molar-refractivity contribution < 1.29 is 19.3 Å². The zero-order chi connectivity index (χ0) is 23.7. The van der Waals surface area contributed by atoms with Crippen molar-refractivity contribution in [3.05, 3.63) is 36.9 Å². The van der Waals surface area contributed by atoms with Gasteiger partial charge in [0.05, 0.1) is 51.2 Å². The molecule has 0 amide bonds. The van der Waals surface area contributed by atoms with Crippen LogP contribution in [0.2, 0.25) is 0 Å². The standard InChI is InChI=1S/C23H27N7O4/c1-32-17-9-15(10-18(33-2)20(17)34-3)29-11-19(25-13-29)26-23-27-21-16(6-7-24-21)22(28-23)30-8-4-5-14(30)12-31/h6-7,9-11,13-14,31H,4-5,8,12H2,1-3H3,(H2,24,26,27,28)/t14-/m1/s1. The molecule has 3 aromatic heterocycles. The number of hydrogen-bond donors (Lipinski definition) is 3. The summed E-state index contributed by atoms with van der Waals surface area (Å²) in [6, 6.07) is 5.70. The summed E-state index contributed by atoms with van der Waals surface area (Å²) in [7, 11) is 4.73. The van der Waals surface area contributed by atoms with Crippen LogP contribution in [0.1, 0.15) is 12.8 Å². The molecule has 11 nitrogen and oxygen atoms in total. The molecule has 0 aliphatic carbocycles. The zero-order valence-electron chi connectivity index (χ0n) is 19.3. The normalized spacial score (nSPS) is 15.6. The first-order chi connectivity index (χ1) is 16.6. The number of methoxy groups -OCH3 is 3. The number of anilines is 3. The third kappa shape index (κ3) is 3.83. The third-order valence-corrected chi connectivity index (χ3v) is 6.03. The van der Waals surface area contributed by atoms with E-state index in [-0.39, 0.29) is 12.6 Å². The Hall–Kier alpha value is -3.99. The second-order valence-electron chi connectivity index (χ2n) is 7.96. The van der Waals surface area contributed by atoms with Crippen molar-refractivity contribution in [1.29, 1.82) is 0 Å². The van der Waals surface area contributed by atoms with Gasteiger partial charge in [0.25, 0.3) is 0 Å². The Bertz CT molecular complexity index is 1280. The molecule has 34 heavy (non-hydrogen) atoms. The summed E-state index contributed by atoms with van der Waals surface area (Å²) in [6.07, 6.45) is 7.31.